The van der Waals surface area contributed by atoms with Crippen LogP contribution in [0.1, 0.15) is 17.3 Å². The molecular formula is C12H12O. The van der Waals surface area contributed by atoms with Gasteiger partial charge in [0.2, 0.25) is 0 Å². The van der Waals surface area contributed by atoms with Crippen LogP contribution in [-0.2, 0) is 0 Å². The zero-order valence-corrected chi connectivity index (χ0v) is 7.45. The minimum Gasteiger partial charge on any atom is -0.289 e. The van der Waals surface area contributed by atoms with Crippen LogP contribution >= 0.6 is 0 Å². The van der Waals surface area contributed by atoms with Crippen molar-refractivity contribution < 1.29 is 6.22 Å². The van der Waals surface area contributed by atoms with Gasteiger partial charge in [-0.2, -0.15) is 0 Å². The highest BCUT2D eigenvalue weighted by Crippen LogP contribution is 2.15. The van der Waals surface area contributed by atoms with Crippen LogP contribution in [0.3, 0.4) is 0 Å². The first-order chi connectivity index (χ1) is 6.27. The molecule has 0 aromatic heterocycles. The summed E-state index contributed by atoms with van der Waals surface area (Å²) < 4.78 is 0. The second-order valence-corrected chi connectivity index (χ2v) is 3.18. The van der Waals surface area contributed by atoms with Gasteiger partial charge in [-0.25, -0.2) is 0 Å². The number of hydrogen-bond donors (Lipinski definition) is 0. The zero-order chi connectivity index (χ0) is 9.26. The number of rotatable bonds is 2. The fourth-order valence-electron chi connectivity index (χ4n) is 1.22. The van der Waals surface area contributed by atoms with E-state index < -0.39 is 0 Å². The van der Waals surface area contributed by atoms with Gasteiger partial charge in [-0.05, 0) is 6.92 Å². The van der Waals surface area contributed by atoms with E-state index in [-0.39, 0.29) is 7.21 Å². The Morgan fingerprint density at radius 2 is 1.85 bits per heavy atom. The summed E-state index contributed by atoms with van der Waals surface area (Å²) in [5.41, 5.74) is 2.74. The SMILES string of the molecule is Cc1ccc(C(=O)C2=CC=C2)cc1.[HH]. The Morgan fingerprint density at radius 1 is 1.23 bits per heavy atom. The van der Waals surface area contributed by atoms with E-state index in [1.54, 1.807) is 0 Å². The van der Waals surface area contributed by atoms with Crippen LogP contribution in [0.25, 0.3) is 0 Å². The number of Topliss-reactive ketones (excluding diaryl/α,β-unsaturated/α-hetero) is 1. The molecule has 1 nitrogen and oxygen atoms in total. The Morgan fingerprint density at radius 3 is 2.31 bits per heavy atom. The van der Waals surface area contributed by atoms with Crippen molar-refractivity contribution in [1.29, 1.82) is 0 Å². The molecule has 1 heteroatoms. The van der Waals surface area contributed by atoms with E-state index in [0.29, 0.717) is 0 Å². The van der Waals surface area contributed by atoms with E-state index in [1.165, 1.54) is 5.56 Å². The zero-order valence-electron chi connectivity index (χ0n) is 7.45. The first-order valence-corrected chi connectivity index (χ1v) is 4.27. The highest BCUT2D eigenvalue weighted by Gasteiger charge is 2.11. The quantitative estimate of drug-likeness (QED) is 0.627. The summed E-state index contributed by atoms with van der Waals surface area (Å²) >= 11 is 0. The van der Waals surface area contributed by atoms with Gasteiger partial charge in [0.15, 0.2) is 5.78 Å². The van der Waals surface area contributed by atoms with Crippen LogP contribution in [0.15, 0.2) is 48.1 Å². The summed E-state index contributed by atoms with van der Waals surface area (Å²) in [6.45, 7) is 2.01. The van der Waals surface area contributed by atoms with Gasteiger partial charge in [0.05, 0.1) is 0 Å². The van der Waals surface area contributed by atoms with Crippen molar-refractivity contribution in [3.63, 3.8) is 0 Å². The molecule has 13 heavy (non-hydrogen) atoms. The summed E-state index contributed by atoms with van der Waals surface area (Å²) in [7, 11) is 0. The van der Waals surface area contributed by atoms with Crippen LogP contribution in [0.2, 0.25) is 0 Å². The Balaban J connectivity index is 0.000000980. The standard InChI is InChI=1S/C12H10O.H2/c1-9-5-7-11(8-6-9)12(13)10-3-2-4-10;/h2-8H,1H3;1H. The monoisotopic (exact) mass is 172 g/mol. The third kappa shape index (κ3) is 1.45. The van der Waals surface area contributed by atoms with E-state index in [4.69, 9.17) is 0 Å². The first kappa shape index (κ1) is 7.99. The fraction of sp³-hybridized carbons (Fsp3) is 0.0833. The van der Waals surface area contributed by atoms with Gasteiger partial charge in [-0.1, -0.05) is 48.1 Å². The molecule has 1 aromatic carbocycles. The average Bonchev–Trinajstić information content (AvgIpc) is 2.02. The van der Waals surface area contributed by atoms with Gasteiger partial charge < -0.3 is 0 Å². The lowest BCUT2D eigenvalue weighted by molar-refractivity contribution is 0.103. The van der Waals surface area contributed by atoms with Gasteiger partial charge in [0.25, 0.3) is 0 Å². The number of carbonyl (C=O) groups is 1. The lowest BCUT2D eigenvalue weighted by Crippen LogP contribution is -2.04. The summed E-state index contributed by atoms with van der Waals surface area (Å²) in [5, 5.41) is 0. The largest absolute Gasteiger partial charge is 0.289 e. The lowest BCUT2D eigenvalue weighted by atomic mass is 9.97. The molecule has 0 heterocycles. The number of aryl methyl sites for hydroxylation is 1. The molecule has 0 bridgehead atoms. The summed E-state index contributed by atoms with van der Waals surface area (Å²) in [6.07, 6.45) is 5.55. The fourth-order valence-corrected chi connectivity index (χ4v) is 1.22. The van der Waals surface area contributed by atoms with E-state index in [9.17, 15) is 4.79 Å². The van der Waals surface area contributed by atoms with Gasteiger partial charge in [-0.15, -0.1) is 0 Å². The van der Waals surface area contributed by atoms with Crippen molar-refractivity contribution in [3.8, 4) is 0 Å². The van der Waals surface area contributed by atoms with E-state index >= 15 is 0 Å². The number of hydrogen-bond acceptors (Lipinski definition) is 1. The van der Waals surface area contributed by atoms with Gasteiger partial charge >= 0.3 is 0 Å². The molecule has 0 saturated heterocycles. The number of ketones is 1. The van der Waals surface area contributed by atoms with Gasteiger partial charge in [0.1, 0.15) is 0 Å². The van der Waals surface area contributed by atoms with Crippen molar-refractivity contribution in [1.82, 2.24) is 0 Å². The topological polar surface area (TPSA) is 17.1 Å². The Kier molecular flexibility index (Phi) is 1.85. The molecule has 66 valence electrons. The number of carbonyl (C=O) groups excluding carboxylic acids is 1. The normalized spacial score (nSPS) is 13.5. The molecule has 0 unspecified atom stereocenters. The van der Waals surface area contributed by atoms with Crippen LogP contribution in [-0.4, -0.2) is 5.78 Å². The minimum atomic E-state index is 0. The second-order valence-electron chi connectivity index (χ2n) is 3.18. The van der Waals surface area contributed by atoms with Crippen LogP contribution in [0.4, 0.5) is 0 Å². The third-order valence-corrected chi connectivity index (χ3v) is 2.13. The maximum atomic E-state index is 11.6. The maximum absolute atomic E-state index is 11.6. The lowest BCUT2D eigenvalue weighted by Gasteiger charge is -2.05. The number of allylic oxidation sites excluding steroid dienone is 4. The van der Waals surface area contributed by atoms with Crippen LogP contribution in [0.5, 0.6) is 0 Å². The molecule has 0 radical (unpaired) electrons. The van der Waals surface area contributed by atoms with Crippen molar-refractivity contribution in [2.75, 3.05) is 0 Å². The first-order valence-electron chi connectivity index (χ1n) is 4.27. The van der Waals surface area contributed by atoms with E-state index in [1.807, 2.05) is 49.4 Å². The molecule has 1 aromatic rings. The number of benzene rings is 1. The summed E-state index contributed by atoms with van der Waals surface area (Å²) in [5.74, 6) is 0.113. The highest BCUT2D eigenvalue weighted by molar-refractivity contribution is 6.11. The van der Waals surface area contributed by atoms with Crippen LogP contribution in [0, 0.1) is 6.92 Å². The summed E-state index contributed by atoms with van der Waals surface area (Å²) in [6, 6.07) is 7.64. The molecule has 0 atom stereocenters. The predicted octanol–water partition coefficient (Wildman–Crippen LogP) is 2.92. The van der Waals surface area contributed by atoms with Gasteiger partial charge in [-0.3, -0.25) is 4.79 Å². The molecule has 1 aliphatic carbocycles. The van der Waals surface area contributed by atoms with Crippen molar-refractivity contribution in [2.24, 2.45) is 0 Å². The smallest absolute Gasteiger partial charge is 0.193 e. The third-order valence-electron chi connectivity index (χ3n) is 2.13. The Bertz CT molecular complexity index is 399. The molecule has 0 aliphatic heterocycles. The average molecular weight is 172 g/mol. The Hall–Kier alpha value is -1.63. The maximum Gasteiger partial charge on any atom is 0.193 e. The minimum absolute atomic E-state index is 0. The van der Waals surface area contributed by atoms with Crippen LogP contribution < -0.4 is 0 Å². The van der Waals surface area contributed by atoms with Crippen molar-refractivity contribution in [3.05, 3.63) is 59.2 Å². The molecule has 0 spiro atoms. The molecule has 0 saturated carbocycles. The molecule has 0 N–H and O–H groups in total. The predicted molar refractivity (Wildman–Crippen MR) is 54.8 cm³/mol. The van der Waals surface area contributed by atoms with Gasteiger partial charge in [0, 0.05) is 12.6 Å². The van der Waals surface area contributed by atoms with E-state index in [2.05, 4.69) is 0 Å². The summed E-state index contributed by atoms with van der Waals surface area (Å²) in [4.78, 5) is 11.6. The highest BCUT2D eigenvalue weighted by atomic mass is 16.1. The van der Waals surface area contributed by atoms with Crippen molar-refractivity contribution in [2.45, 2.75) is 6.92 Å². The molecule has 2 rings (SSSR count). The van der Waals surface area contributed by atoms with Crippen molar-refractivity contribution >= 4 is 5.78 Å². The second kappa shape index (κ2) is 3.02. The molecule has 1 aliphatic rings. The molecule has 0 amide bonds. The molecule has 0 fully saturated rings. The van der Waals surface area contributed by atoms with E-state index in [0.717, 1.165) is 11.1 Å². The Labute approximate surface area is 78.9 Å². The molecular weight excluding hydrogens is 160 g/mol.